The molecule has 104 valence electrons. The lowest BCUT2D eigenvalue weighted by atomic mass is 10.0. The fraction of sp³-hybridized carbons (Fsp3) is 0. The number of imidazole rings is 1. The smallest absolute Gasteiger partial charge is 0.264 e. The van der Waals surface area contributed by atoms with Crippen LogP contribution in [0.15, 0.2) is 59.4 Å². The van der Waals surface area contributed by atoms with Crippen LogP contribution in [-0.2, 0) is 0 Å². The van der Waals surface area contributed by atoms with E-state index in [4.69, 9.17) is 5.73 Å². The third-order valence-electron chi connectivity index (χ3n) is 4.29. The van der Waals surface area contributed by atoms with Crippen LogP contribution in [0, 0.1) is 0 Å². The molecule has 3 aromatic carbocycles. The Morgan fingerprint density at radius 3 is 2.45 bits per heavy atom. The summed E-state index contributed by atoms with van der Waals surface area (Å²) in [4.78, 5) is 17.6. The summed E-state index contributed by atoms with van der Waals surface area (Å²) in [6.07, 6.45) is 0. The number of para-hydroxylation sites is 1. The van der Waals surface area contributed by atoms with Gasteiger partial charge in [-0.1, -0.05) is 36.4 Å². The van der Waals surface area contributed by atoms with E-state index in [1.165, 1.54) is 0 Å². The molecule has 0 radical (unpaired) electrons. The van der Waals surface area contributed by atoms with Crippen molar-refractivity contribution in [2.24, 2.45) is 0 Å². The van der Waals surface area contributed by atoms with Crippen molar-refractivity contribution in [2.75, 3.05) is 5.73 Å². The van der Waals surface area contributed by atoms with Crippen molar-refractivity contribution in [1.82, 2.24) is 9.38 Å². The maximum atomic E-state index is 13.0. The zero-order valence-corrected chi connectivity index (χ0v) is 11.6. The summed E-state index contributed by atoms with van der Waals surface area (Å²) in [5, 5.41) is 3.69. The monoisotopic (exact) mass is 285 g/mol. The van der Waals surface area contributed by atoms with E-state index in [1.807, 2.05) is 48.5 Å². The number of benzene rings is 3. The first-order valence-electron chi connectivity index (χ1n) is 7.09. The number of hydrogen-bond acceptors (Lipinski definition) is 3. The van der Waals surface area contributed by atoms with Crippen LogP contribution in [0.25, 0.3) is 38.2 Å². The molecular weight excluding hydrogens is 274 g/mol. The largest absolute Gasteiger partial charge is 0.397 e. The minimum atomic E-state index is -0.0697. The second-order valence-electron chi connectivity index (χ2n) is 5.50. The SMILES string of the molecule is Nc1cccc2nc3c4cccc5cccc(c(=O)n3c12)c54. The molecule has 5 aromatic rings. The first kappa shape index (κ1) is 11.5. The van der Waals surface area contributed by atoms with E-state index in [0.717, 1.165) is 21.7 Å². The highest BCUT2D eigenvalue weighted by atomic mass is 16.1. The van der Waals surface area contributed by atoms with Crippen LogP contribution >= 0.6 is 0 Å². The minimum absolute atomic E-state index is 0.0697. The molecule has 0 spiro atoms. The molecule has 0 aliphatic heterocycles. The van der Waals surface area contributed by atoms with Gasteiger partial charge in [-0.3, -0.25) is 9.20 Å². The highest BCUT2D eigenvalue weighted by Gasteiger charge is 2.16. The maximum Gasteiger partial charge on any atom is 0.264 e. The van der Waals surface area contributed by atoms with Crippen molar-refractivity contribution in [3.63, 3.8) is 0 Å². The molecule has 2 N–H and O–H groups in total. The zero-order valence-electron chi connectivity index (χ0n) is 11.6. The van der Waals surface area contributed by atoms with Crippen molar-refractivity contribution in [3.8, 4) is 0 Å². The highest BCUT2D eigenvalue weighted by Crippen LogP contribution is 2.30. The first-order chi connectivity index (χ1) is 10.8. The molecule has 0 saturated carbocycles. The molecular formula is C18H11N3O. The second kappa shape index (κ2) is 3.74. The van der Waals surface area contributed by atoms with Crippen molar-refractivity contribution >= 4 is 43.9 Å². The number of nitrogen functional groups attached to an aromatic ring is 1. The third kappa shape index (κ3) is 1.22. The van der Waals surface area contributed by atoms with Crippen molar-refractivity contribution in [1.29, 1.82) is 0 Å². The standard InChI is InChI=1S/C18H11N3O/c19-13-8-3-9-14-16(13)21-17(20-14)11-6-1-4-10-5-2-7-12(15(10)11)18(21)22/h1-9H,19H2. The van der Waals surface area contributed by atoms with Crippen LogP contribution < -0.4 is 11.3 Å². The molecule has 4 heteroatoms. The van der Waals surface area contributed by atoms with Gasteiger partial charge in [0.25, 0.3) is 5.56 Å². The van der Waals surface area contributed by atoms with Gasteiger partial charge in [-0.2, -0.15) is 0 Å². The summed E-state index contributed by atoms with van der Waals surface area (Å²) in [5.74, 6) is 0. The molecule has 5 rings (SSSR count). The van der Waals surface area contributed by atoms with Gasteiger partial charge in [0.05, 0.1) is 16.7 Å². The lowest BCUT2D eigenvalue weighted by molar-refractivity contribution is 1.19. The van der Waals surface area contributed by atoms with E-state index in [-0.39, 0.29) is 5.56 Å². The fourth-order valence-corrected chi connectivity index (χ4v) is 3.36. The van der Waals surface area contributed by atoms with E-state index in [1.54, 1.807) is 10.5 Å². The van der Waals surface area contributed by atoms with E-state index in [0.29, 0.717) is 22.2 Å². The number of anilines is 1. The van der Waals surface area contributed by atoms with Crippen LogP contribution in [-0.4, -0.2) is 9.38 Å². The molecule has 0 fully saturated rings. The van der Waals surface area contributed by atoms with Crippen molar-refractivity contribution in [3.05, 3.63) is 65.0 Å². The maximum absolute atomic E-state index is 13.0. The molecule has 0 aliphatic carbocycles. The van der Waals surface area contributed by atoms with Crippen LogP contribution in [0.2, 0.25) is 0 Å². The summed E-state index contributed by atoms with van der Waals surface area (Å²) in [6, 6.07) is 17.3. The molecule has 2 aromatic heterocycles. The van der Waals surface area contributed by atoms with Gasteiger partial charge in [0.1, 0.15) is 5.65 Å². The van der Waals surface area contributed by atoms with Crippen molar-refractivity contribution < 1.29 is 0 Å². The zero-order chi connectivity index (χ0) is 14.8. The van der Waals surface area contributed by atoms with Gasteiger partial charge in [-0.15, -0.1) is 0 Å². The van der Waals surface area contributed by atoms with Crippen LogP contribution in [0.4, 0.5) is 5.69 Å². The Hall–Kier alpha value is -3.14. The van der Waals surface area contributed by atoms with Gasteiger partial charge in [0.15, 0.2) is 0 Å². The van der Waals surface area contributed by atoms with E-state index >= 15 is 0 Å². The second-order valence-corrected chi connectivity index (χ2v) is 5.50. The van der Waals surface area contributed by atoms with Gasteiger partial charge < -0.3 is 5.73 Å². The molecule has 4 nitrogen and oxygen atoms in total. The Balaban J connectivity index is 2.27. The number of hydrogen-bond donors (Lipinski definition) is 1. The Labute approximate surface area is 124 Å². The summed E-state index contributed by atoms with van der Waals surface area (Å²) < 4.78 is 1.64. The molecule has 0 atom stereocenters. The predicted octanol–water partition coefficient (Wildman–Crippen LogP) is 3.17. The summed E-state index contributed by atoms with van der Waals surface area (Å²) >= 11 is 0. The fourth-order valence-electron chi connectivity index (χ4n) is 3.36. The predicted molar refractivity (Wildman–Crippen MR) is 89.6 cm³/mol. The Morgan fingerprint density at radius 1 is 0.909 bits per heavy atom. The molecule has 0 aliphatic rings. The normalized spacial score (nSPS) is 12.0. The number of pyridine rings is 1. The highest BCUT2D eigenvalue weighted by molar-refractivity contribution is 6.15. The molecule has 2 heterocycles. The number of fused-ring (bicyclic) bond motifs is 4. The number of nitrogens with two attached hydrogens (primary N) is 1. The first-order valence-corrected chi connectivity index (χ1v) is 7.09. The van der Waals surface area contributed by atoms with E-state index in [9.17, 15) is 4.79 Å². The summed E-state index contributed by atoms with van der Waals surface area (Å²) in [6.45, 7) is 0. The molecule has 0 unspecified atom stereocenters. The summed E-state index contributed by atoms with van der Waals surface area (Å²) in [7, 11) is 0. The topological polar surface area (TPSA) is 60.4 Å². The lowest BCUT2D eigenvalue weighted by Gasteiger charge is -2.07. The quantitative estimate of drug-likeness (QED) is 0.444. The lowest BCUT2D eigenvalue weighted by Crippen LogP contribution is -2.13. The number of nitrogens with zero attached hydrogens (tertiary/aromatic N) is 2. The Kier molecular flexibility index (Phi) is 1.96. The Morgan fingerprint density at radius 2 is 1.64 bits per heavy atom. The average Bonchev–Trinajstić information content (AvgIpc) is 2.93. The minimum Gasteiger partial charge on any atom is -0.397 e. The van der Waals surface area contributed by atoms with Gasteiger partial charge >= 0.3 is 0 Å². The molecule has 0 amide bonds. The van der Waals surface area contributed by atoms with Gasteiger partial charge in [0.2, 0.25) is 0 Å². The molecule has 0 bridgehead atoms. The van der Waals surface area contributed by atoms with Crippen LogP contribution in [0.3, 0.4) is 0 Å². The van der Waals surface area contributed by atoms with Crippen LogP contribution in [0.1, 0.15) is 0 Å². The Bertz CT molecular complexity index is 1250. The molecule has 22 heavy (non-hydrogen) atoms. The van der Waals surface area contributed by atoms with Crippen molar-refractivity contribution in [2.45, 2.75) is 0 Å². The molecule has 0 saturated heterocycles. The van der Waals surface area contributed by atoms with Gasteiger partial charge in [-0.25, -0.2) is 4.98 Å². The average molecular weight is 285 g/mol. The van der Waals surface area contributed by atoms with E-state index < -0.39 is 0 Å². The number of rotatable bonds is 0. The van der Waals surface area contributed by atoms with Gasteiger partial charge in [-0.05, 0) is 23.6 Å². The van der Waals surface area contributed by atoms with Crippen LogP contribution in [0.5, 0.6) is 0 Å². The summed E-state index contributed by atoms with van der Waals surface area (Å²) in [5.41, 5.74) is 8.69. The van der Waals surface area contributed by atoms with Gasteiger partial charge in [0, 0.05) is 16.2 Å². The number of aromatic nitrogens is 2. The van der Waals surface area contributed by atoms with E-state index in [2.05, 4.69) is 4.98 Å². The third-order valence-corrected chi connectivity index (χ3v) is 4.29.